The molecule has 2 rings (SSSR count). The van der Waals surface area contributed by atoms with Gasteiger partial charge >= 0.3 is 0 Å². The molecule has 138 valence electrons. The van der Waals surface area contributed by atoms with Crippen molar-refractivity contribution < 1.29 is 34.6 Å². The maximum Gasteiger partial charge on any atom is 0.294 e. The number of hydrogen-bond acceptors (Lipinski definition) is 4. The SMILES string of the molecule is N#C/C=C/C1C=CC=CC=C1S(=O)(=O)OC1C(F)=C(F)C(F)=C(F)C1F. The van der Waals surface area contributed by atoms with E-state index in [2.05, 4.69) is 4.18 Å². The fourth-order valence-corrected chi connectivity index (χ4v) is 3.46. The summed E-state index contributed by atoms with van der Waals surface area (Å²) in [6, 6.07) is 1.65. The van der Waals surface area contributed by atoms with Crippen LogP contribution in [0.15, 0.2) is 70.7 Å². The summed E-state index contributed by atoms with van der Waals surface area (Å²) >= 11 is 0. The van der Waals surface area contributed by atoms with Gasteiger partial charge in [0.1, 0.15) is 0 Å². The first kappa shape index (κ1) is 19.8. The second-order valence-electron chi connectivity index (χ2n) is 5.05. The molecule has 0 heterocycles. The van der Waals surface area contributed by atoms with Crippen molar-refractivity contribution in [1.82, 2.24) is 0 Å². The Morgan fingerprint density at radius 1 is 1.08 bits per heavy atom. The van der Waals surface area contributed by atoms with Crippen LogP contribution >= 0.6 is 0 Å². The van der Waals surface area contributed by atoms with Crippen molar-refractivity contribution in [1.29, 1.82) is 5.26 Å². The molecule has 0 aromatic carbocycles. The smallest absolute Gasteiger partial charge is 0.252 e. The van der Waals surface area contributed by atoms with E-state index in [4.69, 9.17) is 5.26 Å². The minimum atomic E-state index is -4.91. The minimum Gasteiger partial charge on any atom is -0.252 e. The monoisotopic (exact) mass is 391 g/mol. The third-order valence-corrected chi connectivity index (χ3v) is 4.84. The number of hydrogen-bond donors (Lipinski definition) is 0. The molecule has 0 fully saturated rings. The van der Waals surface area contributed by atoms with Crippen LogP contribution in [0.25, 0.3) is 0 Å². The second-order valence-corrected chi connectivity index (χ2v) is 6.62. The fraction of sp³-hybridized carbons (Fsp3) is 0.188. The van der Waals surface area contributed by atoms with Crippen LogP contribution < -0.4 is 0 Å². The fourth-order valence-electron chi connectivity index (χ4n) is 2.16. The summed E-state index contributed by atoms with van der Waals surface area (Å²) < 4.78 is 96.2. The Hall–Kier alpha value is -2.51. The third kappa shape index (κ3) is 3.84. The largest absolute Gasteiger partial charge is 0.294 e. The van der Waals surface area contributed by atoms with Crippen LogP contribution in [0.3, 0.4) is 0 Å². The second kappa shape index (κ2) is 7.80. The maximum atomic E-state index is 13.8. The van der Waals surface area contributed by atoms with Crippen molar-refractivity contribution in [3.63, 3.8) is 0 Å². The molecule has 2 aliphatic rings. The normalized spacial score (nSPS) is 26.9. The molecule has 2 aliphatic carbocycles. The molecule has 0 aliphatic heterocycles. The molecule has 0 amide bonds. The maximum absolute atomic E-state index is 13.8. The molecule has 3 atom stereocenters. The topological polar surface area (TPSA) is 67.2 Å². The Bertz CT molecular complexity index is 922. The summed E-state index contributed by atoms with van der Waals surface area (Å²) in [5.41, 5.74) is 0. The van der Waals surface area contributed by atoms with Gasteiger partial charge in [-0.05, 0) is 6.08 Å². The van der Waals surface area contributed by atoms with Crippen molar-refractivity contribution in [3.8, 4) is 6.07 Å². The van der Waals surface area contributed by atoms with Gasteiger partial charge in [-0.25, -0.2) is 22.0 Å². The zero-order valence-corrected chi connectivity index (χ0v) is 13.6. The van der Waals surface area contributed by atoms with Gasteiger partial charge in [0, 0.05) is 12.0 Å². The molecule has 0 saturated heterocycles. The molecule has 0 N–H and O–H groups in total. The first-order valence-corrected chi connectivity index (χ1v) is 8.41. The van der Waals surface area contributed by atoms with Crippen molar-refractivity contribution >= 4 is 10.1 Å². The first-order valence-electron chi connectivity index (χ1n) is 7.00. The van der Waals surface area contributed by atoms with Crippen LogP contribution in [0.4, 0.5) is 22.0 Å². The van der Waals surface area contributed by atoms with Crippen LogP contribution in [0.5, 0.6) is 0 Å². The van der Waals surface area contributed by atoms with E-state index in [-0.39, 0.29) is 0 Å². The summed E-state index contributed by atoms with van der Waals surface area (Å²) in [7, 11) is -4.91. The lowest BCUT2D eigenvalue weighted by Gasteiger charge is -2.24. The molecule has 3 unspecified atom stereocenters. The summed E-state index contributed by atoms with van der Waals surface area (Å²) in [4.78, 5) is -0.537. The predicted molar refractivity (Wildman–Crippen MR) is 81.8 cm³/mol. The zero-order chi connectivity index (χ0) is 19.5. The highest BCUT2D eigenvalue weighted by Gasteiger charge is 2.44. The summed E-state index contributed by atoms with van der Waals surface area (Å²) in [5, 5.41) is 8.56. The van der Waals surface area contributed by atoms with E-state index in [1.165, 1.54) is 24.3 Å². The van der Waals surface area contributed by atoms with Crippen molar-refractivity contribution in [3.05, 3.63) is 70.7 Å². The number of nitriles is 1. The Labute approximate surface area is 145 Å². The molecule has 0 spiro atoms. The van der Waals surface area contributed by atoms with E-state index in [9.17, 15) is 30.4 Å². The van der Waals surface area contributed by atoms with Gasteiger partial charge in [0.05, 0.1) is 11.0 Å². The predicted octanol–water partition coefficient (Wildman–Crippen LogP) is 4.06. The molecule has 0 saturated carbocycles. The van der Waals surface area contributed by atoms with Crippen molar-refractivity contribution in [2.24, 2.45) is 5.92 Å². The summed E-state index contributed by atoms with van der Waals surface area (Å²) in [6.45, 7) is 0. The molecule has 0 aromatic heterocycles. The lowest BCUT2D eigenvalue weighted by atomic mass is 10.1. The highest BCUT2D eigenvalue weighted by Crippen LogP contribution is 2.39. The number of alkyl halides is 1. The number of halogens is 5. The molecule has 10 heteroatoms. The summed E-state index contributed by atoms with van der Waals surface area (Å²) in [6.07, 6.45) is 2.62. The Morgan fingerprint density at radius 2 is 1.73 bits per heavy atom. The highest BCUT2D eigenvalue weighted by atomic mass is 32.2. The molecule has 0 bridgehead atoms. The van der Waals surface area contributed by atoms with E-state index in [1.54, 1.807) is 6.07 Å². The van der Waals surface area contributed by atoms with Gasteiger partial charge in [0.25, 0.3) is 10.1 Å². The average Bonchev–Trinajstić information content (AvgIpc) is 2.86. The van der Waals surface area contributed by atoms with Crippen molar-refractivity contribution in [2.45, 2.75) is 12.3 Å². The van der Waals surface area contributed by atoms with E-state index >= 15 is 0 Å². The van der Waals surface area contributed by atoms with Crippen LogP contribution in [-0.4, -0.2) is 20.7 Å². The van der Waals surface area contributed by atoms with Crippen molar-refractivity contribution in [2.75, 3.05) is 0 Å². The highest BCUT2D eigenvalue weighted by molar-refractivity contribution is 7.90. The first-order chi connectivity index (χ1) is 12.2. The molecular formula is C16H10F5NO3S. The number of rotatable bonds is 4. The quantitative estimate of drug-likeness (QED) is 0.412. The Kier molecular flexibility index (Phi) is 5.94. The average molecular weight is 391 g/mol. The standard InChI is InChI=1S/C16H10F5NO3S/c17-11-12(18)14(20)16(15(21)13(11)19)25-26(23,24)10-7-3-1-2-5-9(10)6-4-8-22/h1-7,9,14,16H/b6-4+. The van der Waals surface area contributed by atoms with Crippen LogP contribution in [-0.2, 0) is 14.3 Å². The van der Waals surface area contributed by atoms with E-state index in [0.717, 1.165) is 18.2 Å². The van der Waals surface area contributed by atoms with Gasteiger partial charge < -0.3 is 0 Å². The molecule has 0 aromatic rings. The molecular weight excluding hydrogens is 381 g/mol. The van der Waals surface area contributed by atoms with Gasteiger partial charge in [0.15, 0.2) is 35.6 Å². The number of allylic oxidation sites excluding steroid dienone is 10. The molecule has 0 radical (unpaired) electrons. The van der Waals surface area contributed by atoms with Crippen LogP contribution in [0.1, 0.15) is 0 Å². The third-order valence-electron chi connectivity index (χ3n) is 3.40. The van der Waals surface area contributed by atoms with Crippen LogP contribution in [0, 0.1) is 17.2 Å². The van der Waals surface area contributed by atoms with Crippen LogP contribution in [0.2, 0.25) is 0 Å². The Balaban J connectivity index is 2.40. The summed E-state index contributed by atoms with van der Waals surface area (Å²) in [5.74, 6) is -10.3. The van der Waals surface area contributed by atoms with Gasteiger partial charge in [-0.1, -0.05) is 30.4 Å². The molecule has 26 heavy (non-hydrogen) atoms. The van der Waals surface area contributed by atoms with Gasteiger partial charge in [0.2, 0.25) is 0 Å². The van der Waals surface area contributed by atoms with Gasteiger partial charge in [-0.15, -0.1) is 0 Å². The van der Waals surface area contributed by atoms with E-state index < -0.39 is 56.5 Å². The van der Waals surface area contributed by atoms with Gasteiger partial charge in [-0.3, -0.25) is 4.18 Å². The molecule has 4 nitrogen and oxygen atoms in total. The lowest BCUT2D eigenvalue weighted by molar-refractivity contribution is 0.107. The lowest BCUT2D eigenvalue weighted by Crippen LogP contribution is -2.34. The van der Waals surface area contributed by atoms with Gasteiger partial charge in [-0.2, -0.15) is 13.7 Å². The van der Waals surface area contributed by atoms with E-state index in [0.29, 0.717) is 0 Å². The van der Waals surface area contributed by atoms with E-state index in [1.807, 2.05) is 0 Å². The Morgan fingerprint density at radius 3 is 2.38 bits per heavy atom. The zero-order valence-electron chi connectivity index (χ0n) is 12.7. The minimum absolute atomic E-state index is 0.537. The number of nitrogens with zero attached hydrogens (tertiary/aromatic N) is 1.